The van der Waals surface area contributed by atoms with Crippen LogP contribution < -0.4 is 4.72 Å². The molecule has 4 nitrogen and oxygen atoms in total. The van der Waals surface area contributed by atoms with Gasteiger partial charge in [-0.25, -0.2) is 4.98 Å². The second-order valence-electron chi connectivity index (χ2n) is 5.74. The molecule has 1 heterocycles. The monoisotopic (exact) mass is 380 g/mol. The van der Waals surface area contributed by atoms with Crippen LogP contribution in [0.4, 0.5) is 0 Å². The zero-order valence-electron chi connectivity index (χ0n) is 14.6. The Bertz CT molecular complexity index is 864. The van der Waals surface area contributed by atoms with E-state index in [1.165, 1.54) is 21.0 Å². The van der Waals surface area contributed by atoms with E-state index in [4.69, 9.17) is 5.26 Å². The smallest absolute Gasteiger partial charge is 0.0991 e. The van der Waals surface area contributed by atoms with Crippen LogP contribution in [-0.4, -0.2) is 22.4 Å². The van der Waals surface area contributed by atoms with Gasteiger partial charge in [0, 0.05) is 41.2 Å². The number of imidazole rings is 1. The third kappa shape index (κ3) is 5.15. The molecule has 0 saturated heterocycles. The minimum absolute atomic E-state index is 0.686. The summed E-state index contributed by atoms with van der Waals surface area (Å²) in [6.45, 7) is 1.64. The standard InChI is InChI=1S/C20H20N4S2/c1-25-19-6-8-20(9-7-19)26-23-11-10-18-13-22-15-24(18)14-17-4-2-16(12-21)3-5-17/h2-9,13,15,23H,10-11,14H2,1H3. The molecule has 0 aliphatic heterocycles. The lowest BCUT2D eigenvalue weighted by Gasteiger charge is -2.09. The third-order valence-electron chi connectivity index (χ3n) is 3.97. The van der Waals surface area contributed by atoms with Crippen LogP contribution in [0, 0.1) is 11.3 Å². The van der Waals surface area contributed by atoms with Crippen LogP contribution >= 0.6 is 23.7 Å². The van der Waals surface area contributed by atoms with Crippen LogP contribution in [0.2, 0.25) is 0 Å². The number of hydrogen-bond acceptors (Lipinski definition) is 5. The van der Waals surface area contributed by atoms with Crippen molar-refractivity contribution in [2.75, 3.05) is 12.8 Å². The fourth-order valence-corrected chi connectivity index (χ4v) is 3.59. The van der Waals surface area contributed by atoms with E-state index in [0.29, 0.717) is 5.56 Å². The van der Waals surface area contributed by atoms with Crippen LogP contribution in [-0.2, 0) is 13.0 Å². The largest absolute Gasteiger partial charge is 0.330 e. The van der Waals surface area contributed by atoms with Gasteiger partial charge in [-0.2, -0.15) is 5.26 Å². The van der Waals surface area contributed by atoms with E-state index in [9.17, 15) is 0 Å². The first kappa shape index (κ1) is 18.6. The summed E-state index contributed by atoms with van der Waals surface area (Å²) >= 11 is 3.41. The summed E-state index contributed by atoms with van der Waals surface area (Å²) in [4.78, 5) is 6.78. The Morgan fingerprint density at radius 2 is 1.81 bits per heavy atom. The number of hydrogen-bond donors (Lipinski definition) is 1. The average Bonchev–Trinajstić information content (AvgIpc) is 3.13. The summed E-state index contributed by atoms with van der Waals surface area (Å²) in [5.41, 5.74) is 3.05. The quantitative estimate of drug-likeness (QED) is 0.357. The molecule has 0 saturated carbocycles. The predicted molar refractivity (Wildman–Crippen MR) is 108 cm³/mol. The summed E-state index contributed by atoms with van der Waals surface area (Å²) in [6, 6.07) is 18.4. The number of nitrogens with one attached hydrogen (secondary N) is 1. The zero-order valence-corrected chi connectivity index (χ0v) is 16.2. The molecule has 3 rings (SSSR count). The van der Waals surface area contributed by atoms with Crippen LogP contribution in [0.25, 0.3) is 0 Å². The van der Waals surface area contributed by atoms with Crippen molar-refractivity contribution in [1.29, 1.82) is 5.26 Å². The van der Waals surface area contributed by atoms with Gasteiger partial charge in [0.25, 0.3) is 0 Å². The Morgan fingerprint density at radius 3 is 2.50 bits per heavy atom. The number of benzene rings is 2. The topological polar surface area (TPSA) is 53.6 Å². The third-order valence-corrected chi connectivity index (χ3v) is 5.57. The first-order valence-corrected chi connectivity index (χ1v) is 10.3. The summed E-state index contributed by atoms with van der Waals surface area (Å²) in [7, 11) is 0. The van der Waals surface area contributed by atoms with Crippen LogP contribution in [0.3, 0.4) is 0 Å². The first-order valence-electron chi connectivity index (χ1n) is 8.30. The molecule has 1 aromatic heterocycles. The van der Waals surface area contributed by atoms with Gasteiger partial charge in [-0.15, -0.1) is 11.8 Å². The van der Waals surface area contributed by atoms with Crippen molar-refractivity contribution < 1.29 is 0 Å². The van der Waals surface area contributed by atoms with Crippen molar-refractivity contribution in [3.8, 4) is 6.07 Å². The highest BCUT2D eigenvalue weighted by Crippen LogP contribution is 2.20. The van der Waals surface area contributed by atoms with Crippen molar-refractivity contribution in [2.45, 2.75) is 22.8 Å². The van der Waals surface area contributed by atoms with Crippen molar-refractivity contribution in [1.82, 2.24) is 14.3 Å². The minimum Gasteiger partial charge on any atom is -0.330 e. The number of aromatic nitrogens is 2. The number of thioether (sulfide) groups is 1. The lowest BCUT2D eigenvalue weighted by atomic mass is 10.1. The lowest BCUT2D eigenvalue weighted by molar-refractivity contribution is 0.725. The van der Waals surface area contributed by atoms with Crippen molar-refractivity contribution in [3.05, 3.63) is 77.9 Å². The fraction of sp³-hybridized carbons (Fsp3) is 0.200. The molecule has 0 spiro atoms. The van der Waals surface area contributed by atoms with E-state index in [2.05, 4.69) is 50.9 Å². The maximum absolute atomic E-state index is 8.88. The molecular weight excluding hydrogens is 360 g/mol. The molecule has 0 atom stereocenters. The van der Waals surface area contributed by atoms with E-state index in [1.54, 1.807) is 23.7 Å². The molecule has 3 aromatic rings. The van der Waals surface area contributed by atoms with E-state index in [-0.39, 0.29) is 0 Å². The molecule has 0 aliphatic rings. The molecule has 0 radical (unpaired) electrons. The molecule has 0 bridgehead atoms. The van der Waals surface area contributed by atoms with E-state index in [1.807, 2.05) is 36.8 Å². The maximum atomic E-state index is 8.88. The van der Waals surface area contributed by atoms with Gasteiger partial charge >= 0.3 is 0 Å². The number of rotatable bonds is 8. The second-order valence-corrected chi connectivity index (χ2v) is 7.59. The fourth-order valence-electron chi connectivity index (χ4n) is 2.54. The van der Waals surface area contributed by atoms with Gasteiger partial charge in [-0.05, 0) is 60.2 Å². The van der Waals surface area contributed by atoms with Crippen molar-refractivity contribution in [2.24, 2.45) is 0 Å². The van der Waals surface area contributed by atoms with Crippen molar-refractivity contribution in [3.63, 3.8) is 0 Å². The molecule has 1 N–H and O–H groups in total. The zero-order chi connectivity index (χ0) is 18.2. The van der Waals surface area contributed by atoms with Gasteiger partial charge in [0.05, 0.1) is 18.0 Å². The van der Waals surface area contributed by atoms with Gasteiger partial charge in [0.2, 0.25) is 0 Å². The SMILES string of the molecule is CSc1ccc(SNCCc2cncn2Cc2ccc(C#N)cc2)cc1. The Kier molecular flexibility index (Phi) is 6.78. The van der Waals surface area contributed by atoms with E-state index in [0.717, 1.165) is 19.5 Å². The molecule has 0 unspecified atom stereocenters. The molecule has 26 heavy (non-hydrogen) atoms. The Morgan fingerprint density at radius 1 is 1.08 bits per heavy atom. The highest BCUT2D eigenvalue weighted by Gasteiger charge is 2.04. The molecule has 0 fully saturated rings. The lowest BCUT2D eigenvalue weighted by Crippen LogP contribution is -2.12. The molecule has 0 amide bonds. The molecule has 2 aromatic carbocycles. The summed E-state index contributed by atoms with van der Waals surface area (Å²) < 4.78 is 5.57. The van der Waals surface area contributed by atoms with Gasteiger partial charge in [0.15, 0.2) is 0 Å². The minimum atomic E-state index is 0.686. The van der Waals surface area contributed by atoms with Gasteiger partial charge in [0.1, 0.15) is 0 Å². The van der Waals surface area contributed by atoms with Crippen molar-refractivity contribution >= 4 is 23.7 Å². The number of nitriles is 1. The molecular formula is C20H20N4S2. The summed E-state index contributed by atoms with van der Waals surface area (Å²) in [6.07, 6.45) is 6.78. The van der Waals surface area contributed by atoms with Gasteiger partial charge < -0.3 is 4.57 Å². The van der Waals surface area contributed by atoms with E-state index >= 15 is 0 Å². The van der Waals surface area contributed by atoms with Crippen LogP contribution in [0.5, 0.6) is 0 Å². The predicted octanol–water partition coefficient (Wildman–Crippen LogP) is 4.36. The number of nitrogens with zero attached hydrogens (tertiary/aromatic N) is 3. The Hall–Kier alpha value is -2.20. The highest BCUT2D eigenvalue weighted by molar-refractivity contribution is 7.98. The van der Waals surface area contributed by atoms with Crippen LogP contribution in [0.15, 0.2) is 70.8 Å². The van der Waals surface area contributed by atoms with Gasteiger partial charge in [-0.1, -0.05) is 12.1 Å². The first-order chi connectivity index (χ1) is 12.8. The molecule has 6 heteroatoms. The average molecular weight is 381 g/mol. The van der Waals surface area contributed by atoms with Gasteiger partial charge in [-0.3, -0.25) is 4.72 Å². The summed E-state index contributed by atoms with van der Waals surface area (Å²) in [5.74, 6) is 0. The Balaban J connectivity index is 1.49. The summed E-state index contributed by atoms with van der Waals surface area (Å²) in [5, 5.41) is 8.88. The van der Waals surface area contributed by atoms with Crippen LogP contribution in [0.1, 0.15) is 16.8 Å². The highest BCUT2D eigenvalue weighted by atomic mass is 32.2. The normalized spacial score (nSPS) is 10.6. The molecule has 132 valence electrons. The second kappa shape index (κ2) is 9.48. The molecule has 0 aliphatic carbocycles. The Labute approximate surface area is 162 Å². The maximum Gasteiger partial charge on any atom is 0.0991 e. The van der Waals surface area contributed by atoms with E-state index < -0.39 is 0 Å².